The van der Waals surface area contributed by atoms with Crippen molar-refractivity contribution < 1.29 is 14.0 Å². The number of amides is 2. The summed E-state index contributed by atoms with van der Waals surface area (Å²) in [5, 5.41) is 3.85. The summed E-state index contributed by atoms with van der Waals surface area (Å²) >= 11 is 12.9. The fourth-order valence-corrected chi connectivity index (χ4v) is 4.24. The lowest BCUT2D eigenvalue weighted by molar-refractivity contribution is -0.141. The average Bonchev–Trinajstić information content (AvgIpc) is 2.84. The van der Waals surface area contributed by atoms with Gasteiger partial charge in [0.25, 0.3) is 0 Å². The van der Waals surface area contributed by atoms with E-state index in [1.165, 1.54) is 17.0 Å². The molecule has 0 aliphatic carbocycles. The molecular formula is C28H29Cl2FN2O2. The van der Waals surface area contributed by atoms with Crippen molar-refractivity contribution in [3.8, 4) is 0 Å². The first kappa shape index (κ1) is 26.7. The second-order valence-electron chi connectivity index (χ2n) is 8.55. The minimum Gasteiger partial charge on any atom is -0.352 e. The number of rotatable bonds is 10. The molecule has 0 spiro atoms. The Labute approximate surface area is 216 Å². The molecule has 3 rings (SSSR count). The molecule has 0 heterocycles. The third-order valence-corrected chi connectivity index (χ3v) is 6.64. The molecule has 0 fully saturated rings. The van der Waals surface area contributed by atoms with Crippen LogP contribution in [0.1, 0.15) is 37.0 Å². The van der Waals surface area contributed by atoms with Crippen LogP contribution in [0.15, 0.2) is 72.8 Å². The van der Waals surface area contributed by atoms with Crippen molar-refractivity contribution >= 4 is 35.0 Å². The quantitative estimate of drug-likeness (QED) is 0.348. The molecule has 1 N–H and O–H groups in total. The number of hydrogen-bond acceptors (Lipinski definition) is 2. The number of benzene rings is 3. The summed E-state index contributed by atoms with van der Waals surface area (Å²) in [6.07, 6.45) is 1.08. The van der Waals surface area contributed by atoms with Gasteiger partial charge in [0.2, 0.25) is 11.8 Å². The van der Waals surface area contributed by atoms with Gasteiger partial charge in [-0.2, -0.15) is 0 Å². The Kier molecular flexibility index (Phi) is 9.70. The van der Waals surface area contributed by atoms with Gasteiger partial charge in [0.05, 0.1) is 6.42 Å². The van der Waals surface area contributed by atoms with Crippen LogP contribution >= 0.6 is 23.2 Å². The molecule has 0 aliphatic rings. The van der Waals surface area contributed by atoms with Crippen LogP contribution in [0.25, 0.3) is 0 Å². The van der Waals surface area contributed by atoms with Gasteiger partial charge in [-0.25, -0.2) is 4.39 Å². The van der Waals surface area contributed by atoms with E-state index in [2.05, 4.69) is 5.32 Å². The van der Waals surface area contributed by atoms with Crippen molar-refractivity contribution in [1.82, 2.24) is 10.2 Å². The molecule has 3 aromatic carbocycles. The van der Waals surface area contributed by atoms with Crippen LogP contribution in [0.3, 0.4) is 0 Å². The van der Waals surface area contributed by atoms with Crippen molar-refractivity contribution in [3.63, 3.8) is 0 Å². The second kappa shape index (κ2) is 12.7. The number of hydrogen-bond donors (Lipinski definition) is 1. The average molecular weight is 515 g/mol. The van der Waals surface area contributed by atoms with E-state index in [-0.39, 0.29) is 36.6 Å². The van der Waals surface area contributed by atoms with Crippen LogP contribution in [0.2, 0.25) is 10.0 Å². The van der Waals surface area contributed by atoms with E-state index in [4.69, 9.17) is 23.2 Å². The monoisotopic (exact) mass is 514 g/mol. The van der Waals surface area contributed by atoms with E-state index in [1.807, 2.05) is 44.2 Å². The maximum atomic E-state index is 13.7. The zero-order valence-electron chi connectivity index (χ0n) is 19.8. The van der Waals surface area contributed by atoms with Crippen molar-refractivity contribution in [2.24, 2.45) is 0 Å². The Morgan fingerprint density at radius 1 is 0.914 bits per heavy atom. The highest BCUT2D eigenvalue weighted by Crippen LogP contribution is 2.27. The molecule has 0 radical (unpaired) electrons. The van der Waals surface area contributed by atoms with Crippen molar-refractivity contribution in [2.45, 2.75) is 51.7 Å². The molecule has 0 saturated heterocycles. The Morgan fingerprint density at radius 3 is 2.14 bits per heavy atom. The van der Waals surface area contributed by atoms with Gasteiger partial charge in [0.15, 0.2) is 0 Å². The number of nitrogens with zero attached hydrogens (tertiary/aromatic N) is 1. The maximum absolute atomic E-state index is 13.7. The van der Waals surface area contributed by atoms with Crippen molar-refractivity contribution in [3.05, 3.63) is 105 Å². The predicted octanol–water partition coefficient (Wildman–Crippen LogP) is 6.23. The molecule has 0 aromatic heterocycles. The van der Waals surface area contributed by atoms with E-state index >= 15 is 0 Å². The van der Waals surface area contributed by atoms with Crippen LogP contribution < -0.4 is 5.32 Å². The number of nitrogens with one attached hydrogen (secondary N) is 1. The molecule has 0 unspecified atom stereocenters. The third-order valence-electron chi connectivity index (χ3n) is 5.93. The van der Waals surface area contributed by atoms with E-state index < -0.39 is 6.04 Å². The Morgan fingerprint density at radius 2 is 1.54 bits per heavy atom. The third kappa shape index (κ3) is 7.55. The molecule has 2 atom stereocenters. The van der Waals surface area contributed by atoms with E-state index in [0.29, 0.717) is 27.6 Å². The summed E-state index contributed by atoms with van der Waals surface area (Å²) < 4.78 is 13.4. The molecule has 0 saturated carbocycles. The van der Waals surface area contributed by atoms with Crippen LogP contribution in [-0.4, -0.2) is 28.8 Å². The normalized spacial score (nSPS) is 12.6. The SMILES string of the molecule is CC[C@@H](C)NC(=O)[C@H](Cc1ccccc1)N(Cc1c(Cl)cccc1Cl)C(=O)Cc1ccc(F)cc1. The molecule has 184 valence electrons. The van der Waals surface area contributed by atoms with Gasteiger partial charge >= 0.3 is 0 Å². The summed E-state index contributed by atoms with van der Waals surface area (Å²) in [5.41, 5.74) is 2.13. The van der Waals surface area contributed by atoms with E-state index in [1.54, 1.807) is 30.3 Å². The Bertz CT molecular complexity index is 1120. The lowest BCUT2D eigenvalue weighted by Crippen LogP contribution is -2.52. The molecule has 2 amide bonds. The summed E-state index contributed by atoms with van der Waals surface area (Å²) in [7, 11) is 0. The van der Waals surface area contributed by atoms with Crippen molar-refractivity contribution in [1.29, 1.82) is 0 Å². The predicted molar refractivity (Wildman–Crippen MR) is 139 cm³/mol. The smallest absolute Gasteiger partial charge is 0.243 e. The van der Waals surface area contributed by atoms with Crippen LogP contribution in [0, 0.1) is 5.82 Å². The van der Waals surface area contributed by atoms with Gasteiger partial charge in [-0.3, -0.25) is 9.59 Å². The fraction of sp³-hybridized carbons (Fsp3) is 0.286. The molecular weight excluding hydrogens is 486 g/mol. The van der Waals surface area contributed by atoms with Gasteiger partial charge in [-0.05, 0) is 48.7 Å². The molecule has 0 bridgehead atoms. The highest BCUT2D eigenvalue weighted by atomic mass is 35.5. The van der Waals surface area contributed by atoms with Crippen LogP contribution in [0.4, 0.5) is 4.39 Å². The standard InChI is InChI=1S/C28H29Cl2FN2O2/c1-3-19(2)32-28(35)26(16-20-8-5-4-6-9-20)33(18-23-24(29)10-7-11-25(23)30)27(34)17-21-12-14-22(31)15-13-21/h4-15,19,26H,3,16-18H2,1-2H3,(H,32,35)/t19-,26+/m1/s1. The van der Waals surface area contributed by atoms with Gasteiger partial charge in [-0.1, -0.05) is 78.7 Å². The van der Waals surface area contributed by atoms with Gasteiger partial charge < -0.3 is 10.2 Å². The minimum atomic E-state index is -0.799. The highest BCUT2D eigenvalue weighted by molar-refractivity contribution is 6.36. The van der Waals surface area contributed by atoms with E-state index in [9.17, 15) is 14.0 Å². The minimum absolute atomic E-state index is 0.00422. The summed E-state index contributed by atoms with van der Waals surface area (Å²) in [4.78, 5) is 28.7. The lowest BCUT2D eigenvalue weighted by Gasteiger charge is -2.33. The van der Waals surface area contributed by atoms with Crippen LogP contribution in [-0.2, 0) is 29.0 Å². The summed E-state index contributed by atoms with van der Waals surface area (Å²) in [5.74, 6) is -0.914. The molecule has 7 heteroatoms. The zero-order chi connectivity index (χ0) is 25.4. The first-order valence-corrected chi connectivity index (χ1v) is 12.3. The summed E-state index contributed by atoms with van der Waals surface area (Å²) in [6, 6.07) is 19.6. The van der Waals surface area contributed by atoms with Gasteiger partial charge in [0, 0.05) is 34.6 Å². The second-order valence-corrected chi connectivity index (χ2v) is 9.36. The summed E-state index contributed by atoms with van der Waals surface area (Å²) in [6.45, 7) is 3.97. The number of carbonyl (C=O) groups is 2. The first-order valence-electron chi connectivity index (χ1n) is 11.6. The highest BCUT2D eigenvalue weighted by Gasteiger charge is 2.31. The lowest BCUT2D eigenvalue weighted by atomic mass is 10.0. The first-order chi connectivity index (χ1) is 16.8. The molecule has 4 nitrogen and oxygen atoms in total. The van der Waals surface area contributed by atoms with Crippen LogP contribution in [0.5, 0.6) is 0 Å². The largest absolute Gasteiger partial charge is 0.352 e. The molecule has 0 aliphatic heterocycles. The topological polar surface area (TPSA) is 49.4 Å². The zero-order valence-corrected chi connectivity index (χ0v) is 21.3. The Hall–Kier alpha value is -2.89. The number of halogens is 3. The molecule has 3 aromatic rings. The Balaban J connectivity index is 2.01. The van der Waals surface area contributed by atoms with Crippen molar-refractivity contribution in [2.75, 3.05) is 0 Å². The maximum Gasteiger partial charge on any atom is 0.243 e. The fourth-order valence-electron chi connectivity index (χ4n) is 3.73. The van der Waals surface area contributed by atoms with Gasteiger partial charge in [-0.15, -0.1) is 0 Å². The van der Waals surface area contributed by atoms with Gasteiger partial charge in [0.1, 0.15) is 11.9 Å². The number of carbonyl (C=O) groups excluding carboxylic acids is 2. The molecule has 35 heavy (non-hydrogen) atoms. The van der Waals surface area contributed by atoms with E-state index in [0.717, 1.165) is 12.0 Å².